The molecule has 0 aliphatic rings. The van der Waals surface area contributed by atoms with Crippen molar-refractivity contribution >= 4 is 44.4 Å². The molecule has 76 valence electrons. The first kappa shape index (κ1) is 12.0. The van der Waals surface area contributed by atoms with Crippen LogP contribution in [0.3, 0.4) is 0 Å². The van der Waals surface area contributed by atoms with Gasteiger partial charge in [0.25, 0.3) is 5.24 Å². The molecule has 1 aromatic rings. The lowest BCUT2D eigenvalue weighted by Crippen LogP contribution is -1.93. The molecule has 0 saturated heterocycles. The highest BCUT2D eigenvalue weighted by Gasteiger charge is 2.04. The lowest BCUT2D eigenvalue weighted by Gasteiger charge is -2.02. The van der Waals surface area contributed by atoms with Gasteiger partial charge in [-0.05, 0) is 48.2 Å². The van der Waals surface area contributed by atoms with E-state index >= 15 is 0 Å². The molecule has 4 heteroatoms. The summed E-state index contributed by atoms with van der Waals surface area (Å²) in [5, 5.41) is -0.432. The Labute approximate surface area is 102 Å². The number of aryl methyl sites for hydroxylation is 1. The fourth-order valence-corrected chi connectivity index (χ4v) is 1.96. The first-order valence-electron chi connectivity index (χ1n) is 4.18. The van der Waals surface area contributed by atoms with Crippen LogP contribution in [-0.2, 0) is 6.42 Å². The highest BCUT2D eigenvalue weighted by atomic mass is 79.9. The molecular weight excluding hydrogens is 287 g/mol. The van der Waals surface area contributed by atoms with Crippen LogP contribution in [0, 0.1) is 0 Å². The predicted octanol–water partition coefficient (Wildman–Crippen LogP) is 4.00. The largest absolute Gasteiger partial charge is 0.276 e. The van der Waals surface area contributed by atoms with Crippen LogP contribution >= 0.6 is 39.1 Å². The Balaban J connectivity index is 2.89. The molecular formula is C10H9BrCl2O. The van der Waals surface area contributed by atoms with Crippen LogP contribution in [0.15, 0.2) is 22.7 Å². The minimum absolute atomic E-state index is 0.432. The highest BCUT2D eigenvalue weighted by molar-refractivity contribution is 9.10. The third-order valence-electron chi connectivity index (χ3n) is 1.78. The highest BCUT2D eigenvalue weighted by Crippen LogP contribution is 2.18. The van der Waals surface area contributed by atoms with Gasteiger partial charge in [-0.2, -0.15) is 0 Å². The Bertz CT molecular complexity index is 339. The summed E-state index contributed by atoms with van der Waals surface area (Å²) >= 11 is 14.3. The third-order valence-corrected chi connectivity index (χ3v) is 2.73. The Morgan fingerprint density at radius 2 is 2.07 bits per heavy atom. The number of benzene rings is 1. The molecule has 0 fully saturated rings. The fourth-order valence-electron chi connectivity index (χ4n) is 1.18. The summed E-state index contributed by atoms with van der Waals surface area (Å²) in [5.41, 5.74) is 1.59. The Kier molecular flexibility index (Phi) is 4.93. The lowest BCUT2D eigenvalue weighted by molar-refractivity contribution is 0.108. The normalized spacial score (nSPS) is 10.2. The van der Waals surface area contributed by atoms with E-state index in [9.17, 15) is 4.79 Å². The van der Waals surface area contributed by atoms with Crippen molar-refractivity contribution in [3.05, 3.63) is 33.8 Å². The molecule has 0 radical (unpaired) electrons. The monoisotopic (exact) mass is 294 g/mol. The van der Waals surface area contributed by atoms with Crippen LogP contribution in [0.4, 0.5) is 0 Å². The summed E-state index contributed by atoms with van der Waals surface area (Å²) in [5.74, 6) is 0.622. The van der Waals surface area contributed by atoms with Crippen molar-refractivity contribution in [3.8, 4) is 0 Å². The number of hydrogen-bond donors (Lipinski definition) is 0. The van der Waals surface area contributed by atoms with Crippen LogP contribution in [0.5, 0.6) is 0 Å². The summed E-state index contributed by atoms with van der Waals surface area (Å²) in [4.78, 5) is 10.9. The molecule has 0 bridgehead atoms. The molecule has 0 spiro atoms. The van der Waals surface area contributed by atoms with E-state index in [4.69, 9.17) is 23.2 Å². The predicted molar refractivity (Wildman–Crippen MR) is 63.4 cm³/mol. The molecule has 0 saturated carbocycles. The summed E-state index contributed by atoms with van der Waals surface area (Å²) < 4.78 is 0.869. The summed E-state index contributed by atoms with van der Waals surface area (Å²) in [6.07, 6.45) is 1.76. The number of carbonyl (C=O) groups is 1. The summed E-state index contributed by atoms with van der Waals surface area (Å²) in [6, 6.07) is 5.47. The molecule has 0 unspecified atom stereocenters. The van der Waals surface area contributed by atoms with Gasteiger partial charge in [-0.25, -0.2) is 0 Å². The second-order valence-corrected chi connectivity index (χ2v) is 4.55. The average Bonchev–Trinajstić information content (AvgIpc) is 2.14. The quantitative estimate of drug-likeness (QED) is 0.606. The van der Waals surface area contributed by atoms with Crippen molar-refractivity contribution in [2.75, 3.05) is 5.88 Å². The van der Waals surface area contributed by atoms with E-state index in [1.807, 2.05) is 6.07 Å². The Morgan fingerprint density at radius 1 is 1.36 bits per heavy atom. The SMILES string of the molecule is O=C(Cl)c1cc(Br)cc(CCCCl)c1. The van der Waals surface area contributed by atoms with E-state index in [2.05, 4.69) is 15.9 Å². The summed E-state index contributed by atoms with van der Waals surface area (Å²) in [7, 11) is 0. The van der Waals surface area contributed by atoms with E-state index in [0.29, 0.717) is 11.4 Å². The summed E-state index contributed by atoms with van der Waals surface area (Å²) in [6.45, 7) is 0. The van der Waals surface area contributed by atoms with Crippen LogP contribution in [0.1, 0.15) is 22.3 Å². The van der Waals surface area contributed by atoms with Crippen LogP contribution in [0.2, 0.25) is 0 Å². The average molecular weight is 296 g/mol. The van der Waals surface area contributed by atoms with E-state index in [1.54, 1.807) is 12.1 Å². The standard InChI is InChI=1S/C10H9BrCl2O/c11-9-5-7(2-1-3-12)4-8(6-9)10(13)14/h4-6H,1-3H2. The van der Waals surface area contributed by atoms with E-state index in [-0.39, 0.29) is 0 Å². The lowest BCUT2D eigenvalue weighted by atomic mass is 10.1. The van der Waals surface area contributed by atoms with Crippen molar-refractivity contribution in [3.63, 3.8) is 0 Å². The Morgan fingerprint density at radius 3 is 2.64 bits per heavy atom. The number of hydrogen-bond acceptors (Lipinski definition) is 1. The van der Waals surface area contributed by atoms with Gasteiger partial charge in [0.15, 0.2) is 0 Å². The zero-order chi connectivity index (χ0) is 10.6. The first-order valence-corrected chi connectivity index (χ1v) is 5.89. The van der Waals surface area contributed by atoms with Crippen molar-refractivity contribution in [1.29, 1.82) is 0 Å². The van der Waals surface area contributed by atoms with Gasteiger partial charge in [0, 0.05) is 15.9 Å². The molecule has 1 nitrogen and oxygen atoms in total. The molecule has 14 heavy (non-hydrogen) atoms. The second kappa shape index (κ2) is 5.74. The van der Waals surface area contributed by atoms with Gasteiger partial charge in [0.1, 0.15) is 0 Å². The molecule has 1 aromatic carbocycles. The minimum atomic E-state index is -0.432. The zero-order valence-electron chi connectivity index (χ0n) is 7.40. The molecule has 1 rings (SSSR count). The fraction of sp³-hybridized carbons (Fsp3) is 0.300. The van der Waals surface area contributed by atoms with Gasteiger partial charge in [0.2, 0.25) is 0 Å². The topological polar surface area (TPSA) is 17.1 Å². The first-order chi connectivity index (χ1) is 6.63. The van der Waals surface area contributed by atoms with Gasteiger partial charge in [0.05, 0.1) is 0 Å². The van der Waals surface area contributed by atoms with Gasteiger partial charge in [-0.1, -0.05) is 15.9 Å². The van der Waals surface area contributed by atoms with Crippen LogP contribution in [-0.4, -0.2) is 11.1 Å². The number of alkyl halides is 1. The number of carbonyl (C=O) groups excluding carboxylic acids is 1. The maximum atomic E-state index is 10.9. The third kappa shape index (κ3) is 3.60. The van der Waals surface area contributed by atoms with Gasteiger partial charge in [-0.15, -0.1) is 11.6 Å². The van der Waals surface area contributed by atoms with Gasteiger partial charge in [-0.3, -0.25) is 4.79 Å². The molecule has 0 aliphatic heterocycles. The van der Waals surface area contributed by atoms with Crippen LogP contribution in [0.25, 0.3) is 0 Å². The van der Waals surface area contributed by atoms with Crippen molar-refractivity contribution in [2.45, 2.75) is 12.8 Å². The number of rotatable bonds is 4. The minimum Gasteiger partial charge on any atom is -0.276 e. The molecule has 0 heterocycles. The molecule has 0 atom stereocenters. The van der Waals surface area contributed by atoms with E-state index < -0.39 is 5.24 Å². The second-order valence-electron chi connectivity index (χ2n) is 2.91. The molecule has 0 amide bonds. The maximum absolute atomic E-state index is 10.9. The maximum Gasteiger partial charge on any atom is 0.252 e. The van der Waals surface area contributed by atoms with Crippen LogP contribution < -0.4 is 0 Å². The molecule has 0 aromatic heterocycles. The van der Waals surface area contributed by atoms with Crippen molar-refractivity contribution < 1.29 is 4.79 Å². The van der Waals surface area contributed by atoms with Crippen molar-refractivity contribution in [1.82, 2.24) is 0 Å². The van der Waals surface area contributed by atoms with Gasteiger partial charge < -0.3 is 0 Å². The van der Waals surface area contributed by atoms with E-state index in [0.717, 1.165) is 22.9 Å². The zero-order valence-corrected chi connectivity index (χ0v) is 10.5. The van der Waals surface area contributed by atoms with Crippen molar-refractivity contribution in [2.24, 2.45) is 0 Å². The van der Waals surface area contributed by atoms with E-state index in [1.165, 1.54) is 0 Å². The Hall–Kier alpha value is -0.0500. The van der Waals surface area contributed by atoms with Gasteiger partial charge >= 0.3 is 0 Å². The smallest absolute Gasteiger partial charge is 0.252 e. The number of halogens is 3. The molecule has 0 N–H and O–H groups in total. The molecule has 0 aliphatic carbocycles.